The van der Waals surface area contributed by atoms with Gasteiger partial charge in [0.25, 0.3) is 0 Å². The zero-order valence-corrected chi connectivity index (χ0v) is 15.8. The van der Waals surface area contributed by atoms with Gasteiger partial charge in [-0.25, -0.2) is 4.79 Å². The van der Waals surface area contributed by atoms with Crippen molar-refractivity contribution in [2.24, 2.45) is 0 Å². The van der Waals surface area contributed by atoms with Crippen molar-refractivity contribution in [3.05, 3.63) is 51.3 Å². The Bertz CT molecular complexity index is 951. The molecule has 10 heteroatoms. The predicted molar refractivity (Wildman–Crippen MR) is 95.7 cm³/mol. The summed E-state index contributed by atoms with van der Waals surface area (Å²) in [6.45, 7) is 2.81. The first-order valence-corrected chi connectivity index (χ1v) is 8.30. The highest BCUT2D eigenvalue weighted by Crippen LogP contribution is 2.36. The summed E-state index contributed by atoms with van der Waals surface area (Å²) in [6, 6.07) is 2.95. The number of hydrogen-bond donors (Lipinski definition) is 2. The number of anilines is 1. The highest BCUT2D eigenvalue weighted by Gasteiger charge is 2.33. The monoisotopic (exact) mass is 416 g/mol. The van der Waals surface area contributed by atoms with Gasteiger partial charge in [-0.3, -0.25) is 9.59 Å². The second kappa shape index (κ2) is 8.05. The zero-order chi connectivity index (χ0) is 21.2. The second-order valence-electron chi connectivity index (χ2n) is 5.94. The van der Waals surface area contributed by atoms with Gasteiger partial charge in [0.15, 0.2) is 5.78 Å². The molecule has 6 nitrogen and oxygen atoms in total. The molecule has 0 spiro atoms. The molecule has 0 unspecified atom stereocenters. The van der Waals surface area contributed by atoms with Crippen LogP contribution in [0.5, 0.6) is 0 Å². The highest BCUT2D eigenvalue weighted by atomic mass is 35.5. The number of aromatic nitrogens is 1. The molecule has 1 amide bonds. The molecule has 2 aromatic rings. The van der Waals surface area contributed by atoms with Crippen LogP contribution in [0.25, 0.3) is 0 Å². The van der Waals surface area contributed by atoms with Crippen molar-refractivity contribution in [1.82, 2.24) is 4.98 Å². The fourth-order valence-corrected chi connectivity index (χ4v) is 2.93. The maximum atomic E-state index is 12.9. The Kier molecular flexibility index (Phi) is 6.18. The van der Waals surface area contributed by atoms with Crippen molar-refractivity contribution in [1.29, 1.82) is 0 Å². The van der Waals surface area contributed by atoms with Crippen molar-refractivity contribution < 1.29 is 32.3 Å². The summed E-state index contributed by atoms with van der Waals surface area (Å²) in [6.07, 6.45) is -5.06. The summed E-state index contributed by atoms with van der Waals surface area (Å²) in [4.78, 5) is 38.7. The molecule has 1 aromatic heterocycles. The number of ketones is 1. The van der Waals surface area contributed by atoms with Gasteiger partial charge in [0.2, 0.25) is 5.91 Å². The van der Waals surface area contributed by atoms with Crippen molar-refractivity contribution in [3.8, 4) is 0 Å². The molecule has 0 aliphatic carbocycles. The number of carbonyl (C=O) groups excluding carboxylic acids is 3. The van der Waals surface area contributed by atoms with Crippen LogP contribution in [0.1, 0.15) is 44.6 Å². The third kappa shape index (κ3) is 4.53. The van der Waals surface area contributed by atoms with Crippen molar-refractivity contribution in [3.63, 3.8) is 0 Å². The number of Topliss-reactive ketones (excluding diaryl/α,β-unsaturated/α-hetero) is 1. The lowest BCUT2D eigenvalue weighted by Gasteiger charge is -2.12. The number of methoxy groups -OCH3 is 1. The van der Waals surface area contributed by atoms with E-state index in [9.17, 15) is 27.6 Å². The number of nitrogens with one attached hydrogen (secondary N) is 2. The van der Waals surface area contributed by atoms with E-state index >= 15 is 0 Å². The van der Waals surface area contributed by atoms with E-state index in [0.29, 0.717) is 11.6 Å². The van der Waals surface area contributed by atoms with Crippen molar-refractivity contribution in [2.75, 3.05) is 12.4 Å². The number of carbonyl (C=O) groups is 3. The minimum atomic E-state index is -4.68. The fourth-order valence-electron chi connectivity index (χ4n) is 2.71. The van der Waals surface area contributed by atoms with Gasteiger partial charge in [-0.1, -0.05) is 11.6 Å². The van der Waals surface area contributed by atoms with Crippen LogP contribution in [0.4, 0.5) is 18.9 Å². The summed E-state index contributed by atoms with van der Waals surface area (Å²) in [7, 11) is 1.15. The normalized spacial score (nSPS) is 11.2. The number of rotatable bonds is 5. The number of alkyl halides is 3. The van der Waals surface area contributed by atoms with Crippen LogP contribution in [0, 0.1) is 6.92 Å². The number of hydrogen-bond acceptors (Lipinski definition) is 4. The van der Waals surface area contributed by atoms with Gasteiger partial charge in [0, 0.05) is 18.3 Å². The molecule has 2 rings (SSSR count). The molecule has 1 aromatic carbocycles. The van der Waals surface area contributed by atoms with E-state index in [1.165, 1.54) is 19.9 Å². The Morgan fingerprint density at radius 1 is 1.25 bits per heavy atom. The molecule has 0 radical (unpaired) electrons. The molecule has 0 saturated heterocycles. The number of H-pyrrole nitrogens is 1. The standard InChI is InChI=1S/C18H16ClF3N2O4/c1-8-15(17(27)28-3)13(24-16(8)9(2)25)7-14(26)23-10-4-5-12(19)11(6-10)18(20,21)22/h4-6,24H,7H2,1-3H3,(H,23,26). The predicted octanol–water partition coefficient (Wildman–Crippen LogP) is 4.17. The van der Waals surface area contributed by atoms with Gasteiger partial charge >= 0.3 is 12.1 Å². The Morgan fingerprint density at radius 3 is 2.43 bits per heavy atom. The molecule has 0 aliphatic rings. The maximum absolute atomic E-state index is 12.9. The van der Waals surface area contributed by atoms with Crippen LogP contribution >= 0.6 is 11.6 Å². The Balaban J connectivity index is 2.30. The SMILES string of the molecule is COC(=O)c1c(CC(=O)Nc2ccc(Cl)c(C(F)(F)F)c2)[nH]c(C(C)=O)c1C. The van der Waals surface area contributed by atoms with Gasteiger partial charge in [0.1, 0.15) is 0 Å². The third-order valence-electron chi connectivity index (χ3n) is 3.96. The van der Waals surface area contributed by atoms with Crippen LogP contribution < -0.4 is 5.32 Å². The summed E-state index contributed by atoms with van der Waals surface area (Å²) < 4.78 is 43.5. The highest BCUT2D eigenvalue weighted by molar-refractivity contribution is 6.31. The molecule has 0 bridgehead atoms. The molecule has 0 saturated carbocycles. The van der Waals surface area contributed by atoms with E-state index in [-0.39, 0.29) is 34.8 Å². The lowest BCUT2D eigenvalue weighted by Crippen LogP contribution is -2.17. The van der Waals surface area contributed by atoms with E-state index < -0.39 is 28.6 Å². The number of halogens is 4. The first-order chi connectivity index (χ1) is 13.0. The smallest absolute Gasteiger partial charge is 0.417 e. The van der Waals surface area contributed by atoms with Crippen LogP contribution in [0.15, 0.2) is 18.2 Å². The van der Waals surface area contributed by atoms with Crippen molar-refractivity contribution >= 4 is 34.9 Å². The number of amides is 1. The fraction of sp³-hybridized carbons (Fsp3) is 0.278. The maximum Gasteiger partial charge on any atom is 0.417 e. The van der Waals surface area contributed by atoms with Crippen LogP contribution in [0.3, 0.4) is 0 Å². The Morgan fingerprint density at radius 2 is 1.89 bits per heavy atom. The average Bonchev–Trinajstić information content (AvgIpc) is 2.91. The molecular formula is C18H16ClF3N2O4. The zero-order valence-electron chi connectivity index (χ0n) is 15.1. The summed E-state index contributed by atoms with van der Waals surface area (Å²) in [5.41, 5.74) is -0.567. The van der Waals surface area contributed by atoms with Gasteiger partial charge in [-0.05, 0) is 30.7 Å². The number of ether oxygens (including phenoxy) is 1. The third-order valence-corrected chi connectivity index (χ3v) is 4.29. The van der Waals surface area contributed by atoms with E-state index in [0.717, 1.165) is 13.2 Å². The van der Waals surface area contributed by atoms with Crippen molar-refractivity contribution in [2.45, 2.75) is 26.4 Å². The van der Waals surface area contributed by atoms with E-state index in [1.54, 1.807) is 0 Å². The van der Waals surface area contributed by atoms with E-state index in [4.69, 9.17) is 11.6 Å². The lowest BCUT2D eigenvalue weighted by atomic mass is 10.1. The summed E-state index contributed by atoms with van der Waals surface area (Å²) >= 11 is 5.55. The topological polar surface area (TPSA) is 88.3 Å². The minimum absolute atomic E-state index is 0.0370. The lowest BCUT2D eigenvalue weighted by molar-refractivity contribution is -0.137. The number of aromatic amines is 1. The van der Waals surface area contributed by atoms with Crippen LogP contribution in [-0.2, 0) is 22.1 Å². The Hall–Kier alpha value is -2.81. The molecule has 1 heterocycles. The second-order valence-corrected chi connectivity index (χ2v) is 6.35. The number of esters is 1. The first kappa shape index (κ1) is 21.5. The molecule has 150 valence electrons. The molecule has 28 heavy (non-hydrogen) atoms. The largest absolute Gasteiger partial charge is 0.465 e. The molecule has 2 N–H and O–H groups in total. The van der Waals surface area contributed by atoms with Gasteiger partial charge < -0.3 is 15.0 Å². The summed E-state index contributed by atoms with van der Waals surface area (Å²) in [5.74, 6) is -1.78. The van der Waals surface area contributed by atoms with E-state index in [1.807, 2.05) is 0 Å². The van der Waals surface area contributed by atoms with Gasteiger partial charge in [-0.15, -0.1) is 0 Å². The van der Waals surface area contributed by atoms with Gasteiger partial charge in [-0.2, -0.15) is 13.2 Å². The quantitative estimate of drug-likeness (QED) is 0.565. The van der Waals surface area contributed by atoms with E-state index in [2.05, 4.69) is 15.0 Å². The molecular weight excluding hydrogens is 401 g/mol. The average molecular weight is 417 g/mol. The molecule has 0 atom stereocenters. The molecule has 0 aliphatic heterocycles. The molecule has 0 fully saturated rings. The first-order valence-electron chi connectivity index (χ1n) is 7.93. The van der Waals surface area contributed by atoms with Crippen LogP contribution in [0.2, 0.25) is 5.02 Å². The summed E-state index contributed by atoms with van der Waals surface area (Å²) in [5, 5.41) is 1.82. The van der Waals surface area contributed by atoms with Crippen LogP contribution in [-0.4, -0.2) is 29.8 Å². The minimum Gasteiger partial charge on any atom is -0.465 e. The van der Waals surface area contributed by atoms with Gasteiger partial charge in [0.05, 0.1) is 35.4 Å². The number of benzene rings is 1. The Labute approximate surface area is 163 Å².